The number of carbonyl (C=O) groups excluding carboxylic acids is 3. The van der Waals surface area contributed by atoms with Crippen molar-refractivity contribution < 1.29 is 43.1 Å². The van der Waals surface area contributed by atoms with E-state index in [1.807, 2.05) is 6.08 Å². The van der Waals surface area contributed by atoms with Gasteiger partial charge in [0.1, 0.15) is 11.5 Å². The number of halogens is 3. The first-order valence-corrected chi connectivity index (χ1v) is 11.1. The summed E-state index contributed by atoms with van der Waals surface area (Å²) in [5.74, 6) is -3.03. The van der Waals surface area contributed by atoms with Gasteiger partial charge in [-0.2, -0.15) is 13.2 Å². The molecule has 0 unspecified atom stereocenters. The molecule has 0 aromatic rings. The van der Waals surface area contributed by atoms with Gasteiger partial charge in [0, 0.05) is 12.8 Å². The molecule has 3 N–H and O–H groups in total. The lowest BCUT2D eigenvalue weighted by Crippen LogP contribution is -2.72. The Morgan fingerprint density at radius 3 is 2.22 bits per heavy atom. The van der Waals surface area contributed by atoms with Gasteiger partial charge in [0.15, 0.2) is 5.78 Å². The van der Waals surface area contributed by atoms with E-state index in [0.29, 0.717) is 6.42 Å². The predicted octanol–water partition coefficient (Wildman–Crippen LogP) is 3.21. The molecular formula is C23H36F3NO5. The van der Waals surface area contributed by atoms with Gasteiger partial charge in [-0.1, -0.05) is 51.5 Å². The van der Waals surface area contributed by atoms with Crippen molar-refractivity contribution in [3.63, 3.8) is 0 Å². The highest BCUT2D eigenvalue weighted by Crippen LogP contribution is 2.28. The first kappa shape index (κ1) is 29.8. The lowest BCUT2D eigenvalue weighted by atomic mass is 9.87. The van der Waals surface area contributed by atoms with Crippen LogP contribution in [0.2, 0.25) is 0 Å². The van der Waals surface area contributed by atoms with E-state index in [1.54, 1.807) is 6.08 Å². The van der Waals surface area contributed by atoms with E-state index in [1.165, 1.54) is 39.2 Å². The standard InChI is InChI=1S/C21H35NO3.C2HF3O2/c1-3-4-5-6-9-12-16-21(22)17-15-19(23)18(21)13-10-7-8-11-14-20(24)25-2;3-2(4,5)1(6)7/h13,15,17H,3-12,14,16,22H2,1-2H3;(H,6,7)/b18-13-;/t21-;/m1./s1. The topological polar surface area (TPSA) is 111 Å². The zero-order valence-corrected chi connectivity index (χ0v) is 19.1. The molecule has 0 bridgehead atoms. The van der Waals surface area contributed by atoms with Crippen molar-refractivity contribution in [3.05, 3.63) is 23.8 Å². The van der Waals surface area contributed by atoms with Crippen molar-refractivity contribution in [1.29, 1.82) is 0 Å². The molecule has 1 aliphatic carbocycles. The molecular weight excluding hydrogens is 427 g/mol. The fourth-order valence-electron chi connectivity index (χ4n) is 3.34. The van der Waals surface area contributed by atoms with Crippen molar-refractivity contribution in [2.24, 2.45) is 0 Å². The number of hydrogen-bond acceptors (Lipinski definition) is 5. The third-order valence-corrected chi connectivity index (χ3v) is 5.22. The van der Waals surface area contributed by atoms with Gasteiger partial charge < -0.3 is 20.4 Å². The number of carboxylic acid groups (broad SMARTS) is 1. The Morgan fingerprint density at radius 2 is 1.66 bits per heavy atom. The van der Waals surface area contributed by atoms with Crippen LogP contribution < -0.4 is 10.8 Å². The van der Waals surface area contributed by atoms with Crippen LogP contribution in [0.15, 0.2) is 23.8 Å². The number of rotatable bonds is 13. The van der Waals surface area contributed by atoms with E-state index in [4.69, 9.17) is 9.90 Å². The smallest absolute Gasteiger partial charge is 0.430 e. The molecule has 0 saturated heterocycles. The summed E-state index contributed by atoms with van der Waals surface area (Å²) in [7, 11) is 1.42. The van der Waals surface area contributed by atoms with Crippen LogP contribution in [0.25, 0.3) is 0 Å². The van der Waals surface area contributed by atoms with Crippen LogP contribution in [0.3, 0.4) is 0 Å². The summed E-state index contributed by atoms with van der Waals surface area (Å²) < 4.78 is 36.2. The number of ether oxygens (including phenoxy) is 1. The van der Waals surface area contributed by atoms with E-state index >= 15 is 0 Å². The van der Waals surface area contributed by atoms with E-state index in [2.05, 4.69) is 23.5 Å². The van der Waals surface area contributed by atoms with Gasteiger partial charge in [-0.15, -0.1) is 0 Å². The number of methoxy groups -OCH3 is 1. The summed E-state index contributed by atoms with van der Waals surface area (Å²) >= 11 is 0. The molecule has 0 aliphatic heterocycles. The maximum atomic E-state index is 12.2. The van der Waals surface area contributed by atoms with Crippen molar-refractivity contribution >= 4 is 17.7 Å². The number of carboxylic acids is 1. The normalized spacial score (nSPS) is 19.1. The lowest BCUT2D eigenvalue weighted by molar-refractivity contribution is -0.444. The number of carbonyl (C=O) groups is 3. The van der Waals surface area contributed by atoms with Gasteiger partial charge in [-0.25, -0.2) is 0 Å². The van der Waals surface area contributed by atoms with E-state index in [-0.39, 0.29) is 17.3 Å². The summed E-state index contributed by atoms with van der Waals surface area (Å²) in [6, 6.07) is 0. The number of unbranched alkanes of at least 4 members (excludes halogenated alkanes) is 8. The summed E-state index contributed by atoms with van der Waals surface area (Å²) in [5.41, 5.74) is 4.89. The molecule has 0 saturated carbocycles. The first-order valence-electron chi connectivity index (χ1n) is 11.1. The highest BCUT2D eigenvalue weighted by Gasteiger charge is 2.38. The molecule has 9 heteroatoms. The van der Waals surface area contributed by atoms with Gasteiger partial charge >= 0.3 is 12.1 Å². The van der Waals surface area contributed by atoms with Gasteiger partial charge in [-0.05, 0) is 37.8 Å². The molecule has 0 fully saturated rings. The molecule has 0 aromatic heterocycles. The minimum absolute atomic E-state index is 0.121. The van der Waals surface area contributed by atoms with Gasteiger partial charge in [0.2, 0.25) is 0 Å². The maximum Gasteiger partial charge on any atom is 0.430 e. The molecule has 0 spiro atoms. The van der Waals surface area contributed by atoms with Crippen LogP contribution in [-0.4, -0.2) is 36.5 Å². The zero-order valence-electron chi connectivity index (χ0n) is 19.1. The average Bonchev–Trinajstić information content (AvgIpc) is 3.01. The maximum absolute atomic E-state index is 12.2. The Labute approximate surface area is 188 Å². The van der Waals surface area contributed by atoms with Gasteiger partial charge in [-0.3, -0.25) is 9.59 Å². The van der Waals surface area contributed by atoms with Crippen molar-refractivity contribution in [2.75, 3.05) is 7.11 Å². The highest BCUT2D eigenvalue weighted by molar-refractivity contribution is 6.08. The number of alkyl halides is 3. The quantitative estimate of drug-likeness (QED) is 0.256. The van der Waals surface area contributed by atoms with Crippen LogP contribution >= 0.6 is 0 Å². The summed E-state index contributed by atoms with van der Waals surface area (Å²) in [5, 5.41) is 8.78. The summed E-state index contributed by atoms with van der Waals surface area (Å²) in [6.07, 6.45) is 13.2. The Kier molecular flexibility index (Phi) is 14.6. The molecule has 32 heavy (non-hydrogen) atoms. The molecule has 1 aliphatic rings. The van der Waals surface area contributed by atoms with E-state index in [9.17, 15) is 22.8 Å². The van der Waals surface area contributed by atoms with Gasteiger partial charge in [0.05, 0.1) is 12.7 Å². The minimum atomic E-state index is -5.19. The second-order valence-corrected chi connectivity index (χ2v) is 7.95. The average molecular weight is 464 g/mol. The van der Waals surface area contributed by atoms with Crippen LogP contribution in [0, 0.1) is 0 Å². The fourth-order valence-corrected chi connectivity index (χ4v) is 3.34. The molecule has 0 aromatic carbocycles. The number of allylic oxidation sites excluding steroid dienone is 2. The monoisotopic (exact) mass is 463 g/mol. The van der Waals surface area contributed by atoms with E-state index < -0.39 is 12.1 Å². The minimum Gasteiger partial charge on any atom is -0.542 e. The Balaban J connectivity index is 0.00000118. The third-order valence-electron chi connectivity index (χ3n) is 5.22. The Bertz CT molecular complexity index is 659. The van der Waals surface area contributed by atoms with Crippen LogP contribution in [-0.2, 0) is 19.1 Å². The van der Waals surface area contributed by atoms with Gasteiger partial charge in [0.25, 0.3) is 0 Å². The Morgan fingerprint density at radius 1 is 1.09 bits per heavy atom. The van der Waals surface area contributed by atoms with E-state index in [0.717, 1.165) is 44.1 Å². The SMILES string of the molecule is CCCCCCCC[C@@]1([NH3+])C=CC(=O)/C1=C/CCCCCC(=O)OC.O=C([O-])C(F)(F)F. The largest absolute Gasteiger partial charge is 0.542 e. The molecule has 1 rings (SSSR count). The van der Waals surface area contributed by atoms with Crippen LogP contribution in [0.1, 0.15) is 84.0 Å². The van der Waals surface area contributed by atoms with Crippen molar-refractivity contribution in [1.82, 2.24) is 0 Å². The predicted molar refractivity (Wildman–Crippen MR) is 112 cm³/mol. The Hall–Kier alpha value is -2.16. The number of hydrogen-bond donors (Lipinski definition) is 1. The number of esters is 1. The number of quaternary nitrogens is 1. The van der Waals surface area contributed by atoms with Crippen LogP contribution in [0.5, 0.6) is 0 Å². The summed E-state index contributed by atoms with van der Waals surface area (Å²) in [6.45, 7) is 2.23. The highest BCUT2D eigenvalue weighted by atomic mass is 19.4. The third kappa shape index (κ3) is 12.6. The van der Waals surface area contributed by atoms with Crippen molar-refractivity contribution in [3.8, 4) is 0 Å². The number of ketones is 1. The fraction of sp³-hybridized carbons (Fsp3) is 0.696. The second-order valence-electron chi connectivity index (χ2n) is 7.95. The molecule has 0 radical (unpaired) electrons. The molecule has 0 amide bonds. The number of aliphatic carboxylic acids is 1. The molecule has 184 valence electrons. The van der Waals surface area contributed by atoms with Crippen LogP contribution in [0.4, 0.5) is 13.2 Å². The molecule has 6 nitrogen and oxygen atoms in total. The molecule has 0 heterocycles. The summed E-state index contributed by atoms with van der Waals surface area (Å²) in [4.78, 5) is 32.0. The lowest BCUT2D eigenvalue weighted by Gasteiger charge is -2.20. The molecule has 1 atom stereocenters. The zero-order chi connectivity index (χ0) is 24.6. The second kappa shape index (κ2) is 15.6. The van der Waals surface area contributed by atoms with Crippen molar-refractivity contribution in [2.45, 2.75) is 95.7 Å². The first-order chi connectivity index (χ1) is 15.0.